The molecule has 230 valence electrons. The number of aliphatic hydroxyl groups excluding tert-OH is 1. The standard InChI is InChI=1S/C30H33F3N4O5S/c1-18-24(17-43-29-34-13-15-36(29)2)41-27(42-25(18)20-7-5-19(16-38)6-8-20)21-9-11-22(12-10-21)35-26(39)23-4-3-14-37(23)28(40)30(31,32)33/h5-13,15,18,23-25,27,38H,3-4,14,16-17H2,1-2H3,(H,35,39). The van der Waals surface area contributed by atoms with E-state index in [0.717, 1.165) is 16.3 Å². The maximum atomic E-state index is 13.0. The number of anilines is 1. The fraction of sp³-hybridized carbons (Fsp3) is 0.433. The summed E-state index contributed by atoms with van der Waals surface area (Å²) < 4.78 is 53.8. The van der Waals surface area contributed by atoms with E-state index in [4.69, 9.17) is 9.47 Å². The third-order valence-electron chi connectivity index (χ3n) is 7.79. The summed E-state index contributed by atoms with van der Waals surface area (Å²) in [6.45, 7) is 1.89. The maximum Gasteiger partial charge on any atom is 0.471 e. The summed E-state index contributed by atoms with van der Waals surface area (Å²) in [5.74, 6) is -2.06. The number of thioether (sulfide) groups is 1. The van der Waals surface area contributed by atoms with Gasteiger partial charge >= 0.3 is 12.1 Å². The lowest BCUT2D eigenvalue weighted by molar-refractivity contribution is -0.268. The Kier molecular flexibility index (Phi) is 9.45. The summed E-state index contributed by atoms with van der Waals surface area (Å²) in [5, 5.41) is 13.0. The molecule has 2 aliphatic rings. The molecular formula is C30H33F3N4O5S. The van der Waals surface area contributed by atoms with Crippen molar-refractivity contribution in [2.24, 2.45) is 13.0 Å². The zero-order valence-corrected chi connectivity index (χ0v) is 24.5. The fourth-order valence-corrected chi connectivity index (χ4v) is 6.45. The van der Waals surface area contributed by atoms with Crippen molar-refractivity contribution >= 4 is 29.3 Å². The van der Waals surface area contributed by atoms with E-state index in [0.29, 0.717) is 28.3 Å². The molecule has 2 saturated heterocycles. The minimum atomic E-state index is -5.03. The van der Waals surface area contributed by atoms with Crippen LogP contribution in [0, 0.1) is 5.92 Å². The summed E-state index contributed by atoms with van der Waals surface area (Å²) in [5.41, 5.74) is 2.82. The summed E-state index contributed by atoms with van der Waals surface area (Å²) >= 11 is 1.58. The highest BCUT2D eigenvalue weighted by Gasteiger charge is 2.47. The monoisotopic (exact) mass is 618 g/mol. The molecule has 2 fully saturated rings. The van der Waals surface area contributed by atoms with E-state index in [2.05, 4.69) is 17.2 Å². The highest BCUT2D eigenvalue weighted by molar-refractivity contribution is 7.99. The lowest BCUT2D eigenvalue weighted by Gasteiger charge is -2.41. The van der Waals surface area contributed by atoms with Crippen LogP contribution in [0.15, 0.2) is 66.1 Å². The minimum absolute atomic E-state index is 0.0173. The van der Waals surface area contributed by atoms with Crippen LogP contribution in [0.25, 0.3) is 0 Å². The van der Waals surface area contributed by atoms with E-state index >= 15 is 0 Å². The van der Waals surface area contributed by atoms with Crippen LogP contribution in [0.2, 0.25) is 0 Å². The van der Waals surface area contributed by atoms with Gasteiger partial charge in [-0.25, -0.2) is 4.98 Å². The van der Waals surface area contributed by atoms with Crippen molar-refractivity contribution in [3.63, 3.8) is 0 Å². The topological polar surface area (TPSA) is 106 Å². The third kappa shape index (κ3) is 7.06. The van der Waals surface area contributed by atoms with E-state index < -0.39 is 30.3 Å². The van der Waals surface area contributed by atoms with E-state index in [1.165, 1.54) is 0 Å². The SMILES string of the molecule is CC1C(CSc2nccn2C)OC(c2ccc(NC(=O)C3CCCN3C(=O)C(F)(F)F)cc2)OC1c1ccc(CO)cc1. The Bertz CT molecular complexity index is 1420. The van der Waals surface area contributed by atoms with Crippen LogP contribution < -0.4 is 5.32 Å². The van der Waals surface area contributed by atoms with Crippen LogP contribution in [-0.4, -0.2) is 62.0 Å². The van der Waals surface area contributed by atoms with Gasteiger partial charge in [-0.1, -0.05) is 55.1 Å². The van der Waals surface area contributed by atoms with Crippen LogP contribution >= 0.6 is 11.8 Å². The van der Waals surface area contributed by atoms with Gasteiger partial charge in [0.1, 0.15) is 6.04 Å². The molecule has 0 bridgehead atoms. The molecule has 3 aromatic rings. The van der Waals surface area contributed by atoms with Gasteiger partial charge in [0.15, 0.2) is 11.4 Å². The summed E-state index contributed by atoms with van der Waals surface area (Å²) in [6, 6.07) is 13.1. The summed E-state index contributed by atoms with van der Waals surface area (Å²) in [7, 11) is 1.93. The Morgan fingerprint density at radius 2 is 1.79 bits per heavy atom. The molecule has 5 unspecified atom stereocenters. The number of nitrogens with one attached hydrogen (secondary N) is 1. The van der Waals surface area contributed by atoms with Crippen molar-refractivity contribution in [3.8, 4) is 0 Å². The number of carbonyl (C=O) groups excluding carboxylic acids is 2. The molecule has 9 nitrogen and oxygen atoms in total. The van der Waals surface area contributed by atoms with Crippen LogP contribution in [0.1, 0.15) is 48.8 Å². The lowest BCUT2D eigenvalue weighted by Crippen LogP contribution is -2.48. The summed E-state index contributed by atoms with van der Waals surface area (Å²) in [6.07, 6.45) is -2.19. The van der Waals surface area contributed by atoms with E-state index in [-0.39, 0.29) is 37.7 Å². The lowest BCUT2D eigenvalue weighted by atomic mass is 9.91. The van der Waals surface area contributed by atoms with Crippen molar-refractivity contribution in [1.29, 1.82) is 0 Å². The van der Waals surface area contributed by atoms with Crippen LogP contribution in [0.3, 0.4) is 0 Å². The molecular weight excluding hydrogens is 585 g/mol. The van der Waals surface area contributed by atoms with E-state index in [9.17, 15) is 27.9 Å². The molecule has 5 rings (SSSR count). The Balaban J connectivity index is 1.31. The number of likely N-dealkylation sites (tertiary alicyclic amines) is 1. The molecule has 5 atom stereocenters. The number of aliphatic hydroxyl groups is 1. The number of aryl methyl sites for hydroxylation is 1. The third-order valence-corrected chi connectivity index (χ3v) is 8.93. The highest BCUT2D eigenvalue weighted by atomic mass is 32.2. The average Bonchev–Trinajstić information content (AvgIpc) is 3.65. The smallest absolute Gasteiger partial charge is 0.392 e. The first-order valence-corrected chi connectivity index (χ1v) is 14.9. The molecule has 0 aliphatic carbocycles. The molecule has 0 radical (unpaired) electrons. The van der Waals surface area contributed by atoms with Crippen molar-refractivity contribution in [2.75, 3.05) is 17.6 Å². The van der Waals surface area contributed by atoms with Crippen molar-refractivity contribution in [1.82, 2.24) is 14.5 Å². The zero-order chi connectivity index (χ0) is 30.7. The second-order valence-corrected chi connectivity index (χ2v) is 11.7. The first-order valence-electron chi connectivity index (χ1n) is 13.9. The van der Waals surface area contributed by atoms with Crippen LogP contribution in [-0.2, 0) is 32.7 Å². The summed E-state index contributed by atoms with van der Waals surface area (Å²) in [4.78, 5) is 29.6. The highest BCUT2D eigenvalue weighted by Crippen LogP contribution is 2.43. The van der Waals surface area contributed by atoms with Crippen molar-refractivity contribution < 1.29 is 37.3 Å². The quantitative estimate of drug-likeness (QED) is 0.343. The Hall–Kier alpha value is -3.39. The maximum absolute atomic E-state index is 13.0. The predicted octanol–water partition coefficient (Wildman–Crippen LogP) is 4.99. The number of imidazole rings is 1. The molecule has 2 aliphatic heterocycles. The number of amides is 2. The Morgan fingerprint density at radius 1 is 1.09 bits per heavy atom. The number of benzene rings is 2. The number of carbonyl (C=O) groups is 2. The first-order chi connectivity index (χ1) is 20.5. The molecule has 2 amide bonds. The fourth-order valence-electron chi connectivity index (χ4n) is 5.35. The molecule has 1 aromatic heterocycles. The number of hydrogen-bond donors (Lipinski definition) is 2. The Morgan fingerprint density at radius 3 is 2.42 bits per heavy atom. The van der Waals surface area contributed by atoms with Gasteiger partial charge in [0.05, 0.1) is 18.8 Å². The van der Waals surface area contributed by atoms with Crippen LogP contribution in [0.5, 0.6) is 0 Å². The molecule has 2 aromatic carbocycles. The molecule has 0 saturated carbocycles. The first kappa shape index (κ1) is 31.0. The molecule has 3 heterocycles. The second-order valence-electron chi connectivity index (χ2n) is 10.7. The molecule has 0 spiro atoms. The number of ether oxygens (including phenoxy) is 2. The second kappa shape index (κ2) is 13.1. The van der Waals surface area contributed by atoms with E-state index in [1.807, 2.05) is 42.1 Å². The molecule has 43 heavy (non-hydrogen) atoms. The zero-order valence-electron chi connectivity index (χ0n) is 23.7. The number of aromatic nitrogens is 2. The number of nitrogens with zero attached hydrogens (tertiary/aromatic N) is 3. The van der Waals surface area contributed by atoms with Crippen LogP contribution in [0.4, 0.5) is 18.9 Å². The van der Waals surface area contributed by atoms with Crippen molar-refractivity contribution in [3.05, 3.63) is 77.6 Å². The normalized spacial score (nSPS) is 24.2. The number of halogens is 3. The van der Waals surface area contributed by atoms with Crippen molar-refractivity contribution in [2.45, 2.75) is 62.2 Å². The number of alkyl halides is 3. The average molecular weight is 619 g/mol. The van der Waals surface area contributed by atoms with Gasteiger partial charge in [-0.2, -0.15) is 13.2 Å². The number of hydrogen-bond acceptors (Lipinski definition) is 7. The number of rotatable bonds is 8. The minimum Gasteiger partial charge on any atom is -0.392 e. The van der Waals surface area contributed by atoms with Gasteiger partial charge in [0.2, 0.25) is 5.91 Å². The van der Waals surface area contributed by atoms with Gasteiger partial charge in [-0.05, 0) is 36.1 Å². The molecule has 2 N–H and O–H groups in total. The predicted molar refractivity (Wildman–Crippen MR) is 153 cm³/mol. The van der Waals surface area contributed by atoms with Gasteiger partial charge in [0, 0.05) is 48.9 Å². The Labute approximate surface area is 251 Å². The largest absolute Gasteiger partial charge is 0.471 e. The molecule has 13 heteroatoms. The van der Waals surface area contributed by atoms with Gasteiger partial charge in [-0.15, -0.1) is 0 Å². The van der Waals surface area contributed by atoms with Gasteiger partial charge in [-0.3, -0.25) is 9.59 Å². The van der Waals surface area contributed by atoms with Gasteiger partial charge in [0.25, 0.3) is 0 Å². The van der Waals surface area contributed by atoms with Gasteiger partial charge < -0.3 is 29.4 Å². The van der Waals surface area contributed by atoms with E-state index in [1.54, 1.807) is 42.2 Å².